The van der Waals surface area contributed by atoms with E-state index in [9.17, 15) is 9.59 Å². The van der Waals surface area contributed by atoms with E-state index in [1.54, 1.807) is 4.90 Å². The molecule has 1 saturated heterocycles. The summed E-state index contributed by atoms with van der Waals surface area (Å²) in [6, 6.07) is 13.5. The van der Waals surface area contributed by atoms with Gasteiger partial charge in [-0.15, -0.1) is 0 Å². The van der Waals surface area contributed by atoms with Crippen LogP contribution in [0, 0.1) is 26.7 Å². The van der Waals surface area contributed by atoms with Crippen LogP contribution in [0.25, 0.3) is 0 Å². The molecule has 0 spiro atoms. The zero-order valence-corrected chi connectivity index (χ0v) is 16.2. The molecular weight excluding hydrogens is 338 g/mol. The van der Waals surface area contributed by atoms with Crippen LogP contribution in [-0.2, 0) is 4.79 Å². The lowest BCUT2D eigenvalue weighted by molar-refractivity contribution is -0.121. The normalized spacial score (nSPS) is 14.7. The van der Waals surface area contributed by atoms with Crippen LogP contribution in [0.4, 0.5) is 16.2 Å². The number of benzene rings is 2. The summed E-state index contributed by atoms with van der Waals surface area (Å²) in [5, 5.41) is 6.00. The highest BCUT2D eigenvalue weighted by molar-refractivity contribution is 5.94. The van der Waals surface area contributed by atoms with Crippen molar-refractivity contribution in [1.29, 1.82) is 0 Å². The van der Waals surface area contributed by atoms with E-state index in [0.29, 0.717) is 25.9 Å². The van der Waals surface area contributed by atoms with Gasteiger partial charge in [0, 0.05) is 30.4 Å². The number of rotatable bonds is 3. The Hall–Kier alpha value is -2.82. The summed E-state index contributed by atoms with van der Waals surface area (Å²) in [7, 11) is 0. The molecule has 2 N–H and O–H groups in total. The van der Waals surface area contributed by atoms with Gasteiger partial charge in [-0.2, -0.15) is 0 Å². The number of carbonyl (C=O) groups excluding carboxylic acids is 2. The van der Waals surface area contributed by atoms with Crippen LogP contribution in [0.2, 0.25) is 0 Å². The van der Waals surface area contributed by atoms with Crippen molar-refractivity contribution in [2.75, 3.05) is 23.7 Å². The number of carbonyl (C=O) groups is 2. The maximum atomic E-state index is 12.7. The predicted molar refractivity (Wildman–Crippen MR) is 109 cm³/mol. The third-order valence-corrected chi connectivity index (χ3v) is 5.10. The van der Waals surface area contributed by atoms with Crippen molar-refractivity contribution in [2.24, 2.45) is 5.92 Å². The highest BCUT2D eigenvalue weighted by Crippen LogP contribution is 2.25. The van der Waals surface area contributed by atoms with E-state index in [0.717, 1.165) is 22.5 Å². The molecule has 0 atom stereocenters. The minimum atomic E-state index is -0.106. The van der Waals surface area contributed by atoms with Crippen molar-refractivity contribution in [2.45, 2.75) is 33.6 Å². The monoisotopic (exact) mass is 365 g/mol. The number of aryl methyl sites for hydroxylation is 3. The van der Waals surface area contributed by atoms with Crippen LogP contribution >= 0.6 is 0 Å². The van der Waals surface area contributed by atoms with Crippen LogP contribution in [0.5, 0.6) is 0 Å². The highest BCUT2D eigenvalue weighted by atomic mass is 16.2. The second-order valence-electron chi connectivity index (χ2n) is 7.32. The SMILES string of the molecule is Cc1cc(C)c(NC(=O)C2CCN(C(=O)Nc3ccccc3)CC2)c(C)c1. The molecule has 0 aliphatic carbocycles. The summed E-state index contributed by atoms with van der Waals surface area (Å²) in [4.78, 5) is 26.8. The van der Waals surface area contributed by atoms with Crippen molar-refractivity contribution in [3.8, 4) is 0 Å². The number of hydrogen-bond donors (Lipinski definition) is 2. The number of nitrogens with zero attached hydrogens (tertiary/aromatic N) is 1. The van der Waals surface area contributed by atoms with Crippen LogP contribution in [0.3, 0.4) is 0 Å². The Morgan fingerprint density at radius 1 is 0.926 bits per heavy atom. The summed E-state index contributed by atoms with van der Waals surface area (Å²) < 4.78 is 0. The van der Waals surface area contributed by atoms with Crippen molar-refractivity contribution < 1.29 is 9.59 Å². The number of likely N-dealkylation sites (tertiary alicyclic amines) is 1. The molecule has 1 aliphatic rings. The van der Waals surface area contributed by atoms with Crippen LogP contribution in [-0.4, -0.2) is 29.9 Å². The van der Waals surface area contributed by atoms with Crippen molar-refractivity contribution in [3.05, 3.63) is 59.2 Å². The van der Waals surface area contributed by atoms with E-state index >= 15 is 0 Å². The van der Waals surface area contributed by atoms with Gasteiger partial charge in [0.2, 0.25) is 5.91 Å². The molecule has 1 heterocycles. The first-order valence-electron chi connectivity index (χ1n) is 9.43. The number of piperidine rings is 1. The molecule has 0 unspecified atom stereocenters. The maximum absolute atomic E-state index is 12.7. The average molecular weight is 365 g/mol. The molecule has 0 saturated carbocycles. The second kappa shape index (κ2) is 8.25. The summed E-state index contributed by atoms with van der Waals surface area (Å²) >= 11 is 0. The summed E-state index contributed by atoms with van der Waals surface area (Å²) in [6.45, 7) is 7.27. The summed E-state index contributed by atoms with van der Waals surface area (Å²) in [5.74, 6) is -0.0148. The van der Waals surface area contributed by atoms with E-state index in [1.807, 2.05) is 44.2 Å². The number of anilines is 2. The molecule has 0 radical (unpaired) electrons. The van der Waals surface area contributed by atoms with Gasteiger partial charge in [0.1, 0.15) is 0 Å². The first-order chi connectivity index (χ1) is 12.9. The largest absolute Gasteiger partial charge is 0.325 e. The maximum Gasteiger partial charge on any atom is 0.321 e. The fourth-order valence-electron chi connectivity index (χ4n) is 3.67. The lowest BCUT2D eigenvalue weighted by atomic mass is 9.95. The summed E-state index contributed by atoms with van der Waals surface area (Å²) in [6.07, 6.45) is 1.36. The molecule has 142 valence electrons. The number of amides is 3. The van der Waals surface area contributed by atoms with E-state index in [4.69, 9.17) is 0 Å². The van der Waals surface area contributed by atoms with Crippen molar-refractivity contribution in [3.63, 3.8) is 0 Å². The molecule has 3 amide bonds. The van der Waals surface area contributed by atoms with Gasteiger partial charge in [-0.05, 0) is 56.9 Å². The van der Waals surface area contributed by atoms with Gasteiger partial charge < -0.3 is 15.5 Å². The van der Waals surface area contributed by atoms with E-state index < -0.39 is 0 Å². The number of nitrogens with one attached hydrogen (secondary N) is 2. The molecule has 3 rings (SSSR count). The number of urea groups is 1. The van der Waals surface area contributed by atoms with Gasteiger partial charge in [-0.25, -0.2) is 4.79 Å². The molecule has 2 aromatic rings. The van der Waals surface area contributed by atoms with Crippen LogP contribution < -0.4 is 10.6 Å². The third-order valence-electron chi connectivity index (χ3n) is 5.10. The van der Waals surface area contributed by atoms with E-state index in [-0.39, 0.29) is 17.9 Å². The first kappa shape index (κ1) is 19.0. The molecule has 5 heteroatoms. The Bertz CT molecular complexity index is 802. The standard InChI is InChI=1S/C22H27N3O2/c1-15-13-16(2)20(17(3)14-15)24-21(26)18-9-11-25(12-10-18)22(27)23-19-7-5-4-6-8-19/h4-8,13-14,18H,9-12H2,1-3H3,(H,23,27)(H,24,26). The highest BCUT2D eigenvalue weighted by Gasteiger charge is 2.27. The zero-order valence-electron chi connectivity index (χ0n) is 16.2. The van der Waals surface area contributed by atoms with Crippen LogP contribution in [0.1, 0.15) is 29.5 Å². The van der Waals surface area contributed by atoms with Gasteiger partial charge in [0.15, 0.2) is 0 Å². The molecular formula is C22H27N3O2. The Balaban J connectivity index is 1.54. The van der Waals surface area contributed by atoms with Gasteiger partial charge >= 0.3 is 6.03 Å². The minimum absolute atomic E-state index is 0.0492. The lowest BCUT2D eigenvalue weighted by Crippen LogP contribution is -2.43. The lowest BCUT2D eigenvalue weighted by Gasteiger charge is -2.31. The van der Waals surface area contributed by atoms with E-state index in [1.165, 1.54) is 5.56 Å². The Labute approximate surface area is 160 Å². The van der Waals surface area contributed by atoms with Gasteiger partial charge in [-0.3, -0.25) is 4.79 Å². The van der Waals surface area contributed by atoms with E-state index in [2.05, 4.69) is 29.7 Å². The fraction of sp³-hybridized carbons (Fsp3) is 0.364. The molecule has 0 aromatic heterocycles. The number of para-hydroxylation sites is 1. The third kappa shape index (κ3) is 4.67. The predicted octanol–water partition coefficient (Wildman–Crippen LogP) is 4.49. The van der Waals surface area contributed by atoms with Gasteiger partial charge in [0.05, 0.1) is 0 Å². The fourth-order valence-corrected chi connectivity index (χ4v) is 3.67. The summed E-state index contributed by atoms with van der Waals surface area (Å²) in [5.41, 5.74) is 5.06. The molecule has 1 fully saturated rings. The molecule has 27 heavy (non-hydrogen) atoms. The first-order valence-corrected chi connectivity index (χ1v) is 9.43. The van der Waals surface area contributed by atoms with Crippen molar-refractivity contribution >= 4 is 23.3 Å². The van der Waals surface area contributed by atoms with Crippen LogP contribution in [0.15, 0.2) is 42.5 Å². The second-order valence-corrected chi connectivity index (χ2v) is 7.32. The van der Waals surface area contributed by atoms with Gasteiger partial charge in [-0.1, -0.05) is 35.9 Å². The van der Waals surface area contributed by atoms with Gasteiger partial charge in [0.25, 0.3) is 0 Å². The quantitative estimate of drug-likeness (QED) is 0.841. The molecule has 5 nitrogen and oxygen atoms in total. The zero-order chi connectivity index (χ0) is 19.4. The number of hydrogen-bond acceptors (Lipinski definition) is 2. The molecule has 1 aliphatic heterocycles. The molecule has 0 bridgehead atoms. The van der Waals surface area contributed by atoms with Crippen molar-refractivity contribution in [1.82, 2.24) is 4.90 Å². The minimum Gasteiger partial charge on any atom is -0.325 e. The Morgan fingerprint density at radius 3 is 2.11 bits per heavy atom. The Morgan fingerprint density at radius 2 is 1.52 bits per heavy atom. The average Bonchev–Trinajstić information content (AvgIpc) is 2.65. The topological polar surface area (TPSA) is 61.4 Å². The molecule has 2 aromatic carbocycles. The smallest absolute Gasteiger partial charge is 0.321 e. The Kier molecular flexibility index (Phi) is 5.79.